The lowest BCUT2D eigenvalue weighted by Crippen LogP contribution is -2.23. The van der Waals surface area contributed by atoms with E-state index in [9.17, 15) is 0 Å². The molecule has 0 N–H and O–H groups in total. The molecule has 0 atom stereocenters. The van der Waals surface area contributed by atoms with Gasteiger partial charge < -0.3 is 4.42 Å². The molecule has 0 amide bonds. The number of rotatable bonds is 6. The summed E-state index contributed by atoms with van der Waals surface area (Å²) in [5, 5.41) is 10.4. The van der Waals surface area contributed by atoms with E-state index in [0.717, 1.165) is 22.3 Å². The summed E-state index contributed by atoms with van der Waals surface area (Å²) in [5.41, 5.74) is 3.72. The summed E-state index contributed by atoms with van der Waals surface area (Å²) in [5.74, 6) is 0.796. The van der Waals surface area contributed by atoms with Gasteiger partial charge in [-0.05, 0) is 46.5 Å². The maximum atomic E-state index is 6.51. The topological polar surface area (TPSA) is 38.9 Å². The van der Waals surface area contributed by atoms with Crippen LogP contribution in [0.15, 0.2) is 114 Å². The minimum absolute atomic E-state index is 0.382. The van der Waals surface area contributed by atoms with Gasteiger partial charge in [0, 0.05) is 10.0 Å². The van der Waals surface area contributed by atoms with Gasteiger partial charge >= 0.3 is 0 Å². The van der Waals surface area contributed by atoms with Gasteiger partial charge in [-0.25, -0.2) is 0 Å². The van der Waals surface area contributed by atoms with Crippen molar-refractivity contribution in [2.75, 3.05) is 0 Å². The SMILES string of the molecule is Clc1ccc(C(Br)(c2ccc(Cl)cc2)c2nnc(C(Br)(c3ccccc3)c3ccccc3)o2)cc1. The maximum absolute atomic E-state index is 6.51. The summed E-state index contributed by atoms with van der Waals surface area (Å²) >= 11 is 20.3. The van der Waals surface area contributed by atoms with E-state index >= 15 is 0 Å². The van der Waals surface area contributed by atoms with Crippen molar-refractivity contribution in [3.05, 3.63) is 153 Å². The second kappa shape index (κ2) is 9.90. The average Bonchev–Trinajstić information content (AvgIpc) is 3.41. The highest BCUT2D eigenvalue weighted by atomic mass is 79.9. The molecule has 0 spiro atoms. The van der Waals surface area contributed by atoms with Crippen LogP contribution < -0.4 is 0 Å². The zero-order valence-electron chi connectivity index (χ0n) is 18.2. The third-order valence-electron chi connectivity index (χ3n) is 5.84. The fraction of sp³-hybridized carbons (Fsp3) is 0.0714. The van der Waals surface area contributed by atoms with Crippen molar-refractivity contribution in [3.63, 3.8) is 0 Å². The zero-order valence-corrected chi connectivity index (χ0v) is 22.9. The number of nitrogens with zero attached hydrogens (tertiary/aromatic N) is 2. The molecular weight excluding hydrogens is 611 g/mol. The normalized spacial score (nSPS) is 12.0. The van der Waals surface area contributed by atoms with Crippen LogP contribution in [0.3, 0.4) is 0 Å². The van der Waals surface area contributed by atoms with E-state index in [2.05, 4.69) is 42.1 Å². The molecule has 0 fully saturated rings. The van der Waals surface area contributed by atoms with Crippen LogP contribution in [0.2, 0.25) is 10.0 Å². The predicted octanol–water partition coefficient (Wildman–Crippen LogP) is 8.75. The van der Waals surface area contributed by atoms with Crippen LogP contribution in [0, 0.1) is 0 Å². The average molecular weight is 629 g/mol. The Morgan fingerprint density at radius 3 is 1.14 bits per heavy atom. The molecule has 174 valence electrons. The van der Waals surface area contributed by atoms with Gasteiger partial charge in [-0.1, -0.05) is 140 Å². The summed E-state index contributed by atoms with van der Waals surface area (Å²) in [6.07, 6.45) is 0. The van der Waals surface area contributed by atoms with Gasteiger partial charge in [0.2, 0.25) is 11.8 Å². The quantitative estimate of drug-likeness (QED) is 0.177. The third kappa shape index (κ3) is 4.47. The first kappa shape index (κ1) is 24.3. The van der Waals surface area contributed by atoms with Crippen molar-refractivity contribution in [1.29, 1.82) is 0 Å². The number of hydrogen-bond donors (Lipinski definition) is 0. The molecule has 4 aromatic carbocycles. The second-order valence-corrected chi connectivity index (χ2v) is 11.2. The van der Waals surface area contributed by atoms with Gasteiger partial charge in [-0.3, -0.25) is 0 Å². The van der Waals surface area contributed by atoms with Crippen molar-refractivity contribution in [2.24, 2.45) is 0 Å². The lowest BCUT2D eigenvalue weighted by Gasteiger charge is -2.27. The molecule has 0 bridgehead atoms. The number of alkyl halides is 2. The summed E-state index contributed by atoms with van der Waals surface area (Å²) in [6, 6.07) is 35.1. The van der Waals surface area contributed by atoms with Crippen LogP contribution in [0.1, 0.15) is 34.0 Å². The number of benzene rings is 4. The molecule has 0 saturated heterocycles. The Bertz CT molecular complexity index is 1340. The first-order valence-corrected chi connectivity index (χ1v) is 13.1. The molecule has 7 heteroatoms. The van der Waals surface area contributed by atoms with Crippen LogP contribution in [0.5, 0.6) is 0 Å². The number of hydrogen-bond acceptors (Lipinski definition) is 3. The first-order chi connectivity index (χ1) is 16.9. The largest absolute Gasteiger partial charge is 0.421 e. The van der Waals surface area contributed by atoms with Gasteiger partial charge in [0.1, 0.15) is 0 Å². The molecule has 3 nitrogen and oxygen atoms in total. The van der Waals surface area contributed by atoms with Crippen molar-refractivity contribution >= 4 is 55.1 Å². The lowest BCUT2D eigenvalue weighted by molar-refractivity contribution is 0.425. The zero-order chi connectivity index (χ0) is 24.5. The minimum Gasteiger partial charge on any atom is -0.421 e. The van der Waals surface area contributed by atoms with Gasteiger partial charge in [0.25, 0.3) is 0 Å². The fourth-order valence-electron chi connectivity index (χ4n) is 4.02. The molecule has 0 unspecified atom stereocenters. The fourth-order valence-corrected chi connectivity index (χ4v) is 5.65. The van der Waals surface area contributed by atoms with E-state index in [1.165, 1.54) is 0 Å². The monoisotopic (exact) mass is 626 g/mol. The Labute approximate surface area is 230 Å². The summed E-state index contributed by atoms with van der Waals surface area (Å²) < 4.78 is 4.75. The van der Waals surface area contributed by atoms with Gasteiger partial charge in [-0.15, -0.1) is 10.2 Å². The maximum Gasteiger partial charge on any atom is 0.242 e. The van der Waals surface area contributed by atoms with Crippen LogP contribution in [-0.2, 0) is 8.65 Å². The van der Waals surface area contributed by atoms with Crippen molar-refractivity contribution in [3.8, 4) is 0 Å². The summed E-state index contributed by atoms with van der Waals surface area (Å²) in [6.45, 7) is 0. The highest BCUT2D eigenvalue weighted by Crippen LogP contribution is 2.48. The Balaban J connectivity index is 1.70. The van der Waals surface area contributed by atoms with E-state index in [4.69, 9.17) is 27.6 Å². The molecule has 5 rings (SSSR count). The van der Waals surface area contributed by atoms with Gasteiger partial charge in [-0.2, -0.15) is 0 Å². The molecule has 0 aliphatic heterocycles. The highest BCUT2D eigenvalue weighted by molar-refractivity contribution is 9.10. The Kier molecular flexibility index (Phi) is 6.86. The predicted molar refractivity (Wildman–Crippen MR) is 148 cm³/mol. The Morgan fingerprint density at radius 1 is 0.486 bits per heavy atom. The Morgan fingerprint density at radius 2 is 0.800 bits per heavy atom. The van der Waals surface area contributed by atoms with E-state index in [0.29, 0.717) is 21.8 Å². The lowest BCUT2D eigenvalue weighted by atomic mass is 9.90. The molecule has 5 aromatic rings. The van der Waals surface area contributed by atoms with Crippen LogP contribution in [0.4, 0.5) is 0 Å². The molecule has 1 heterocycles. The van der Waals surface area contributed by atoms with Gasteiger partial charge in [0.15, 0.2) is 8.65 Å². The molecule has 0 saturated carbocycles. The van der Waals surface area contributed by atoms with Gasteiger partial charge in [0.05, 0.1) is 0 Å². The molecule has 0 radical (unpaired) electrons. The standard InChI is InChI=1S/C28H18Br2Cl2N2O/c29-27(19-7-3-1-4-8-19,20-9-5-2-6-10-20)25-33-34-26(35-25)28(30,21-11-15-23(31)16-12-21)22-13-17-24(32)18-14-22/h1-18H. The van der Waals surface area contributed by atoms with Crippen molar-refractivity contribution < 1.29 is 4.42 Å². The smallest absolute Gasteiger partial charge is 0.242 e. The molecule has 0 aliphatic rings. The highest BCUT2D eigenvalue weighted by Gasteiger charge is 2.44. The molecule has 35 heavy (non-hydrogen) atoms. The Hall–Kier alpha value is -2.44. The summed E-state index contributed by atoms with van der Waals surface area (Å²) in [4.78, 5) is 0. The minimum atomic E-state index is -0.922. The van der Waals surface area contributed by atoms with Crippen LogP contribution in [-0.4, -0.2) is 10.2 Å². The number of aromatic nitrogens is 2. The van der Waals surface area contributed by atoms with E-state index in [-0.39, 0.29) is 0 Å². The first-order valence-electron chi connectivity index (χ1n) is 10.8. The van der Waals surface area contributed by atoms with Crippen molar-refractivity contribution in [1.82, 2.24) is 10.2 Å². The third-order valence-corrected chi connectivity index (χ3v) is 8.86. The second-order valence-electron chi connectivity index (χ2n) is 7.98. The van der Waals surface area contributed by atoms with E-state index in [1.807, 2.05) is 109 Å². The molecule has 1 aromatic heterocycles. The number of halogens is 4. The molecule has 0 aliphatic carbocycles. The van der Waals surface area contributed by atoms with Crippen LogP contribution >= 0.6 is 55.1 Å². The van der Waals surface area contributed by atoms with Crippen molar-refractivity contribution in [2.45, 2.75) is 8.65 Å². The van der Waals surface area contributed by atoms with E-state index < -0.39 is 8.65 Å². The van der Waals surface area contributed by atoms with E-state index in [1.54, 1.807) is 0 Å². The van der Waals surface area contributed by atoms with Crippen LogP contribution in [0.25, 0.3) is 0 Å². The summed E-state index contributed by atoms with van der Waals surface area (Å²) in [7, 11) is 0. The molecular formula is C28H18Br2Cl2N2O.